The SMILES string of the molecule is O=C(Nc1ccc(C(F)(F)F)[nH]c1=O)c1ccncc1. The van der Waals surface area contributed by atoms with Gasteiger partial charge in [-0.3, -0.25) is 14.6 Å². The zero-order valence-corrected chi connectivity index (χ0v) is 9.86. The maximum absolute atomic E-state index is 12.4. The quantitative estimate of drug-likeness (QED) is 0.885. The van der Waals surface area contributed by atoms with Crippen molar-refractivity contribution in [2.24, 2.45) is 0 Å². The minimum absolute atomic E-state index is 0.235. The van der Waals surface area contributed by atoms with Crippen molar-refractivity contribution in [3.63, 3.8) is 0 Å². The summed E-state index contributed by atoms with van der Waals surface area (Å²) in [7, 11) is 0. The van der Waals surface area contributed by atoms with Gasteiger partial charge in [0.1, 0.15) is 11.4 Å². The molecule has 0 aliphatic heterocycles. The van der Waals surface area contributed by atoms with Gasteiger partial charge >= 0.3 is 6.18 Å². The van der Waals surface area contributed by atoms with Crippen molar-refractivity contribution >= 4 is 11.6 Å². The molecule has 2 N–H and O–H groups in total. The van der Waals surface area contributed by atoms with Gasteiger partial charge in [0.05, 0.1) is 0 Å². The number of aromatic nitrogens is 2. The molecule has 5 nitrogen and oxygen atoms in total. The Labute approximate surface area is 110 Å². The Bertz CT molecular complexity index is 680. The fourth-order valence-corrected chi connectivity index (χ4v) is 1.44. The molecular formula is C12H8F3N3O2. The van der Waals surface area contributed by atoms with Crippen molar-refractivity contribution < 1.29 is 18.0 Å². The van der Waals surface area contributed by atoms with Crippen LogP contribution in [0.5, 0.6) is 0 Å². The van der Waals surface area contributed by atoms with Crippen LogP contribution >= 0.6 is 0 Å². The van der Waals surface area contributed by atoms with E-state index in [0.29, 0.717) is 6.07 Å². The van der Waals surface area contributed by atoms with E-state index < -0.39 is 23.3 Å². The molecule has 2 aromatic heterocycles. The molecule has 0 saturated carbocycles. The topological polar surface area (TPSA) is 74.8 Å². The molecular weight excluding hydrogens is 275 g/mol. The summed E-state index contributed by atoms with van der Waals surface area (Å²) in [6, 6.07) is 4.41. The lowest BCUT2D eigenvalue weighted by molar-refractivity contribution is -0.141. The Balaban J connectivity index is 2.23. The standard InChI is InChI=1S/C12H8F3N3O2/c13-12(14,15)9-2-1-8(11(20)18-9)17-10(19)7-3-5-16-6-4-7/h1-6H,(H,17,19)(H,18,20). The summed E-state index contributed by atoms with van der Waals surface area (Å²) in [4.78, 5) is 28.6. The maximum atomic E-state index is 12.4. The molecule has 20 heavy (non-hydrogen) atoms. The first kappa shape index (κ1) is 13.8. The zero-order chi connectivity index (χ0) is 14.8. The molecule has 0 aliphatic carbocycles. The van der Waals surface area contributed by atoms with Gasteiger partial charge in [0, 0.05) is 18.0 Å². The Morgan fingerprint density at radius 3 is 2.35 bits per heavy atom. The number of rotatable bonds is 2. The molecule has 0 aromatic carbocycles. The van der Waals surface area contributed by atoms with E-state index >= 15 is 0 Å². The number of carbonyl (C=O) groups excluding carboxylic acids is 1. The number of aromatic amines is 1. The molecule has 0 bridgehead atoms. The number of pyridine rings is 2. The summed E-state index contributed by atoms with van der Waals surface area (Å²) >= 11 is 0. The van der Waals surface area contributed by atoms with Crippen molar-refractivity contribution in [2.75, 3.05) is 5.32 Å². The van der Waals surface area contributed by atoms with E-state index in [1.165, 1.54) is 24.5 Å². The van der Waals surface area contributed by atoms with Gasteiger partial charge in [0.2, 0.25) is 0 Å². The summed E-state index contributed by atoms with van der Waals surface area (Å²) in [5.74, 6) is -0.613. The molecule has 0 unspecified atom stereocenters. The fourth-order valence-electron chi connectivity index (χ4n) is 1.44. The lowest BCUT2D eigenvalue weighted by Gasteiger charge is -2.08. The Morgan fingerprint density at radius 1 is 1.15 bits per heavy atom. The van der Waals surface area contributed by atoms with Crippen LogP contribution in [0.1, 0.15) is 16.1 Å². The summed E-state index contributed by atoms with van der Waals surface area (Å²) < 4.78 is 37.1. The minimum Gasteiger partial charge on any atom is -0.317 e. The largest absolute Gasteiger partial charge is 0.431 e. The van der Waals surface area contributed by atoms with Crippen molar-refractivity contribution in [1.29, 1.82) is 0 Å². The number of carbonyl (C=O) groups is 1. The van der Waals surface area contributed by atoms with Gasteiger partial charge in [-0.1, -0.05) is 0 Å². The normalized spacial score (nSPS) is 11.2. The third kappa shape index (κ3) is 3.02. The number of hydrogen-bond donors (Lipinski definition) is 2. The first-order valence-corrected chi connectivity index (χ1v) is 5.40. The van der Waals surface area contributed by atoms with E-state index in [0.717, 1.165) is 6.07 Å². The predicted octanol–water partition coefficient (Wildman–Crippen LogP) is 2.04. The summed E-state index contributed by atoms with van der Waals surface area (Å²) in [6.07, 6.45) is -1.88. The number of halogens is 3. The third-order valence-electron chi connectivity index (χ3n) is 2.41. The van der Waals surface area contributed by atoms with Crippen molar-refractivity contribution in [2.45, 2.75) is 6.18 Å². The second-order valence-corrected chi connectivity index (χ2v) is 3.80. The van der Waals surface area contributed by atoms with Gasteiger partial charge in [-0.2, -0.15) is 13.2 Å². The van der Waals surface area contributed by atoms with Gasteiger partial charge in [-0.25, -0.2) is 0 Å². The van der Waals surface area contributed by atoms with Crippen LogP contribution in [0.4, 0.5) is 18.9 Å². The molecule has 0 aliphatic rings. The second kappa shape index (κ2) is 5.16. The highest BCUT2D eigenvalue weighted by Crippen LogP contribution is 2.26. The molecule has 2 aromatic rings. The van der Waals surface area contributed by atoms with E-state index in [1.54, 1.807) is 4.98 Å². The zero-order valence-electron chi connectivity index (χ0n) is 9.86. The highest BCUT2D eigenvalue weighted by molar-refractivity contribution is 6.04. The molecule has 0 radical (unpaired) electrons. The molecule has 2 rings (SSSR count). The third-order valence-corrected chi connectivity index (χ3v) is 2.41. The number of nitrogens with zero attached hydrogens (tertiary/aromatic N) is 1. The number of hydrogen-bond acceptors (Lipinski definition) is 3. The Kier molecular flexibility index (Phi) is 3.55. The van der Waals surface area contributed by atoms with Crippen LogP contribution in [0.3, 0.4) is 0 Å². The van der Waals surface area contributed by atoms with Gasteiger partial charge in [0.25, 0.3) is 11.5 Å². The first-order valence-electron chi connectivity index (χ1n) is 5.40. The predicted molar refractivity (Wildman–Crippen MR) is 64.3 cm³/mol. The average molecular weight is 283 g/mol. The lowest BCUT2D eigenvalue weighted by atomic mass is 10.2. The Hall–Kier alpha value is -2.64. The Morgan fingerprint density at radius 2 is 1.80 bits per heavy atom. The average Bonchev–Trinajstić information content (AvgIpc) is 2.41. The molecule has 0 fully saturated rings. The van der Waals surface area contributed by atoms with Crippen LogP contribution in [-0.2, 0) is 6.18 Å². The highest BCUT2D eigenvalue weighted by Gasteiger charge is 2.31. The molecule has 0 saturated heterocycles. The first-order chi connectivity index (χ1) is 9.38. The van der Waals surface area contributed by atoms with E-state index in [9.17, 15) is 22.8 Å². The molecule has 2 heterocycles. The lowest BCUT2D eigenvalue weighted by Crippen LogP contribution is -2.22. The van der Waals surface area contributed by atoms with Crippen molar-refractivity contribution in [1.82, 2.24) is 9.97 Å². The van der Waals surface area contributed by atoms with Crippen LogP contribution in [0.15, 0.2) is 41.5 Å². The van der Waals surface area contributed by atoms with Gasteiger partial charge < -0.3 is 10.3 Å². The van der Waals surface area contributed by atoms with E-state index in [4.69, 9.17) is 0 Å². The highest BCUT2D eigenvalue weighted by atomic mass is 19.4. The molecule has 1 amide bonds. The van der Waals surface area contributed by atoms with E-state index in [1.807, 2.05) is 0 Å². The summed E-state index contributed by atoms with van der Waals surface area (Å²) in [5, 5.41) is 2.23. The van der Waals surface area contributed by atoms with Crippen LogP contribution in [0, 0.1) is 0 Å². The van der Waals surface area contributed by atoms with Gasteiger partial charge in [0.15, 0.2) is 0 Å². The maximum Gasteiger partial charge on any atom is 0.431 e. The molecule has 0 spiro atoms. The molecule has 8 heteroatoms. The van der Waals surface area contributed by atoms with Crippen LogP contribution in [-0.4, -0.2) is 15.9 Å². The van der Waals surface area contributed by atoms with E-state index in [-0.39, 0.29) is 11.3 Å². The van der Waals surface area contributed by atoms with Crippen LogP contribution in [0.2, 0.25) is 0 Å². The number of nitrogens with one attached hydrogen (secondary N) is 2. The number of amides is 1. The molecule has 0 atom stereocenters. The van der Waals surface area contributed by atoms with Crippen molar-refractivity contribution in [3.05, 3.63) is 58.3 Å². The smallest absolute Gasteiger partial charge is 0.317 e. The monoisotopic (exact) mass is 283 g/mol. The summed E-state index contributed by atoms with van der Waals surface area (Å²) in [5.41, 5.74) is -2.23. The van der Waals surface area contributed by atoms with Crippen LogP contribution < -0.4 is 10.9 Å². The van der Waals surface area contributed by atoms with Crippen molar-refractivity contribution in [3.8, 4) is 0 Å². The van der Waals surface area contributed by atoms with Gasteiger partial charge in [-0.05, 0) is 24.3 Å². The summed E-state index contributed by atoms with van der Waals surface area (Å²) in [6.45, 7) is 0. The molecule has 104 valence electrons. The number of H-pyrrole nitrogens is 1. The minimum atomic E-state index is -4.65. The van der Waals surface area contributed by atoms with E-state index in [2.05, 4.69) is 10.3 Å². The number of anilines is 1. The number of alkyl halides is 3. The van der Waals surface area contributed by atoms with Gasteiger partial charge in [-0.15, -0.1) is 0 Å². The second-order valence-electron chi connectivity index (χ2n) is 3.80. The fraction of sp³-hybridized carbons (Fsp3) is 0.0833. The van der Waals surface area contributed by atoms with Crippen LogP contribution in [0.25, 0.3) is 0 Å².